The number of nitrogens with one attached hydrogen (secondary N) is 1. The molecule has 25 heavy (non-hydrogen) atoms. The maximum atomic E-state index is 4.60. The molecule has 0 aliphatic heterocycles. The van der Waals surface area contributed by atoms with Gasteiger partial charge < -0.3 is 5.32 Å². The highest BCUT2D eigenvalue weighted by Gasteiger charge is 2.16. The first-order valence-corrected chi connectivity index (χ1v) is 8.01. The molecule has 0 aliphatic carbocycles. The third kappa shape index (κ3) is 2.04. The molecule has 0 amide bonds. The van der Waals surface area contributed by atoms with Crippen molar-refractivity contribution < 1.29 is 0 Å². The maximum Gasteiger partial charge on any atom is 0.254 e. The lowest BCUT2D eigenvalue weighted by Gasteiger charge is -2.10. The molecule has 0 aliphatic rings. The molecule has 8 heteroatoms. The van der Waals surface area contributed by atoms with Crippen molar-refractivity contribution in [2.45, 2.75) is 13.5 Å². The predicted octanol–water partition coefficient (Wildman–Crippen LogP) is 2.79. The second kappa shape index (κ2) is 5.23. The number of hydrogen-bond donors (Lipinski definition) is 1. The summed E-state index contributed by atoms with van der Waals surface area (Å²) < 4.78 is 3.60. The van der Waals surface area contributed by atoms with Crippen molar-refractivity contribution in [1.29, 1.82) is 0 Å². The number of aryl methyl sites for hydroxylation is 1. The summed E-state index contributed by atoms with van der Waals surface area (Å²) in [5.74, 6) is 1.23. The minimum absolute atomic E-state index is 0.530. The Kier molecular flexibility index (Phi) is 2.90. The molecule has 0 fully saturated rings. The summed E-state index contributed by atoms with van der Waals surface area (Å²) in [5.41, 5.74) is 2.67. The van der Waals surface area contributed by atoms with Crippen molar-refractivity contribution in [3.05, 3.63) is 49.1 Å². The number of para-hydroxylation sites is 1. The van der Waals surface area contributed by atoms with E-state index < -0.39 is 0 Å². The minimum atomic E-state index is 0.530. The molecule has 122 valence electrons. The Hall–Kier alpha value is -3.55. The van der Waals surface area contributed by atoms with Gasteiger partial charge in [-0.3, -0.25) is 0 Å². The van der Waals surface area contributed by atoms with E-state index in [1.807, 2.05) is 54.3 Å². The Balaban J connectivity index is 1.85. The van der Waals surface area contributed by atoms with Gasteiger partial charge in [0.05, 0.1) is 22.5 Å². The van der Waals surface area contributed by atoms with Crippen molar-refractivity contribution in [1.82, 2.24) is 34.3 Å². The van der Waals surface area contributed by atoms with Crippen LogP contribution in [0.15, 0.2) is 49.1 Å². The Labute approximate surface area is 142 Å². The fourth-order valence-electron chi connectivity index (χ4n) is 3.03. The second-order valence-electron chi connectivity index (χ2n) is 5.64. The third-order valence-corrected chi connectivity index (χ3v) is 4.18. The average molecular weight is 330 g/mol. The van der Waals surface area contributed by atoms with Gasteiger partial charge in [0, 0.05) is 18.4 Å². The van der Waals surface area contributed by atoms with E-state index >= 15 is 0 Å². The Morgan fingerprint density at radius 1 is 1.00 bits per heavy atom. The highest BCUT2D eigenvalue weighted by molar-refractivity contribution is 6.06. The van der Waals surface area contributed by atoms with Gasteiger partial charge in [-0.1, -0.05) is 18.2 Å². The molecule has 0 atom stereocenters. The molecular weight excluding hydrogens is 316 g/mol. The molecule has 0 saturated carbocycles. The van der Waals surface area contributed by atoms with E-state index in [-0.39, 0.29) is 0 Å². The van der Waals surface area contributed by atoms with Crippen LogP contribution in [0.4, 0.5) is 11.5 Å². The Morgan fingerprint density at radius 2 is 1.88 bits per heavy atom. The standard InChI is InChI=1S/C17H14N8/c1-2-24-16-13(9-20-24)14-12(8-18-16)15(22-11-6-4-3-5-7-11)23-17-19-10-21-25(14)17/h3-10H,2H2,1H3,(H,19,21,22,23). The van der Waals surface area contributed by atoms with E-state index in [1.54, 1.807) is 4.52 Å². The van der Waals surface area contributed by atoms with Gasteiger partial charge >= 0.3 is 0 Å². The molecule has 1 N–H and O–H groups in total. The number of hydrogen-bond acceptors (Lipinski definition) is 6. The largest absolute Gasteiger partial charge is 0.340 e. The summed E-state index contributed by atoms with van der Waals surface area (Å²) in [7, 11) is 0. The second-order valence-corrected chi connectivity index (χ2v) is 5.64. The van der Waals surface area contributed by atoms with Gasteiger partial charge in [0.15, 0.2) is 5.65 Å². The average Bonchev–Trinajstić information content (AvgIpc) is 3.28. The first-order chi connectivity index (χ1) is 12.3. The van der Waals surface area contributed by atoms with Crippen molar-refractivity contribution in [3.63, 3.8) is 0 Å². The van der Waals surface area contributed by atoms with Crippen molar-refractivity contribution in [2.24, 2.45) is 0 Å². The van der Waals surface area contributed by atoms with E-state index in [9.17, 15) is 0 Å². The molecule has 5 aromatic rings. The number of aromatic nitrogens is 7. The summed E-state index contributed by atoms with van der Waals surface area (Å²) in [5, 5.41) is 13.9. The van der Waals surface area contributed by atoms with Crippen LogP contribution in [0.5, 0.6) is 0 Å². The highest BCUT2D eigenvalue weighted by atomic mass is 15.3. The zero-order valence-corrected chi connectivity index (χ0v) is 13.5. The lowest BCUT2D eigenvalue weighted by atomic mass is 10.2. The predicted molar refractivity (Wildman–Crippen MR) is 94.8 cm³/mol. The summed E-state index contributed by atoms with van der Waals surface area (Å²) in [6.45, 7) is 2.79. The van der Waals surface area contributed by atoms with E-state index in [0.29, 0.717) is 11.6 Å². The summed E-state index contributed by atoms with van der Waals surface area (Å²) in [6, 6.07) is 9.90. The summed E-state index contributed by atoms with van der Waals surface area (Å²) >= 11 is 0. The number of nitrogens with zero attached hydrogens (tertiary/aromatic N) is 7. The third-order valence-electron chi connectivity index (χ3n) is 4.18. The van der Waals surface area contributed by atoms with Gasteiger partial charge in [-0.05, 0) is 19.1 Å². The normalized spacial score (nSPS) is 11.6. The van der Waals surface area contributed by atoms with Gasteiger partial charge in [-0.25, -0.2) is 9.67 Å². The molecule has 5 rings (SSSR count). The fraction of sp³-hybridized carbons (Fsp3) is 0.118. The monoisotopic (exact) mass is 330 g/mol. The molecule has 4 aromatic heterocycles. The van der Waals surface area contributed by atoms with Gasteiger partial charge in [0.25, 0.3) is 5.78 Å². The molecular formula is C17H14N8. The van der Waals surface area contributed by atoms with Gasteiger partial charge in [-0.15, -0.1) is 0 Å². The van der Waals surface area contributed by atoms with E-state index in [4.69, 9.17) is 0 Å². The Morgan fingerprint density at radius 3 is 2.72 bits per heavy atom. The lowest BCUT2D eigenvalue weighted by Crippen LogP contribution is -2.03. The number of fused-ring (bicyclic) bond motifs is 5. The number of benzene rings is 1. The minimum Gasteiger partial charge on any atom is -0.340 e. The maximum absolute atomic E-state index is 4.60. The Bertz CT molecular complexity index is 1210. The first-order valence-electron chi connectivity index (χ1n) is 8.01. The number of rotatable bonds is 3. The number of anilines is 2. The molecule has 4 heterocycles. The molecule has 0 spiro atoms. The zero-order valence-electron chi connectivity index (χ0n) is 13.5. The summed E-state index contributed by atoms with van der Waals surface area (Å²) in [6.07, 6.45) is 5.14. The molecule has 0 saturated heterocycles. The first kappa shape index (κ1) is 13.8. The van der Waals surface area contributed by atoms with Crippen LogP contribution in [0.1, 0.15) is 6.92 Å². The van der Waals surface area contributed by atoms with Gasteiger partial charge in [0.2, 0.25) is 0 Å². The van der Waals surface area contributed by atoms with Crippen molar-refractivity contribution in [3.8, 4) is 0 Å². The lowest BCUT2D eigenvalue weighted by molar-refractivity contribution is 0.677. The molecule has 8 nitrogen and oxygen atoms in total. The van der Waals surface area contributed by atoms with Crippen LogP contribution in [0.3, 0.4) is 0 Å². The molecule has 0 radical (unpaired) electrons. The van der Waals surface area contributed by atoms with Crippen LogP contribution < -0.4 is 5.32 Å². The van der Waals surface area contributed by atoms with Gasteiger partial charge in [0.1, 0.15) is 12.1 Å². The molecule has 1 aromatic carbocycles. The van der Waals surface area contributed by atoms with Crippen LogP contribution in [-0.2, 0) is 6.54 Å². The summed E-state index contributed by atoms with van der Waals surface area (Å²) in [4.78, 5) is 13.5. The van der Waals surface area contributed by atoms with Crippen LogP contribution in [-0.4, -0.2) is 34.3 Å². The zero-order chi connectivity index (χ0) is 16.8. The van der Waals surface area contributed by atoms with Crippen LogP contribution in [0, 0.1) is 0 Å². The SMILES string of the molecule is CCn1ncc2c1ncc1c(Nc3ccccc3)nc3ncnn3c12. The van der Waals surface area contributed by atoms with E-state index in [0.717, 1.165) is 34.2 Å². The molecule has 0 bridgehead atoms. The van der Waals surface area contributed by atoms with Crippen LogP contribution >= 0.6 is 0 Å². The fourth-order valence-corrected chi connectivity index (χ4v) is 3.03. The number of pyridine rings is 1. The van der Waals surface area contributed by atoms with Crippen molar-refractivity contribution >= 4 is 39.2 Å². The van der Waals surface area contributed by atoms with Crippen LogP contribution in [0.25, 0.3) is 27.7 Å². The van der Waals surface area contributed by atoms with Crippen molar-refractivity contribution in [2.75, 3.05) is 5.32 Å². The smallest absolute Gasteiger partial charge is 0.254 e. The molecule has 0 unspecified atom stereocenters. The van der Waals surface area contributed by atoms with E-state index in [2.05, 4.69) is 30.5 Å². The quantitative estimate of drug-likeness (QED) is 0.547. The highest BCUT2D eigenvalue weighted by Crippen LogP contribution is 2.29. The van der Waals surface area contributed by atoms with E-state index in [1.165, 1.54) is 6.33 Å². The van der Waals surface area contributed by atoms with Crippen LogP contribution in [0.2, 0.25) is 0 Å². The topological polar surface area (TPSA) is 85.8 Å². The van der Waals surface area contributed by atoms with Gasteiger partial charge in [-0.2, -0.15) is 24.7 Å².